The molecule has 1 aliphatic rings. The minimum absolute atomic E-state index is 0.159. The van der Waals surface area contributed by atoms with Gasteiger partial charge in [0.25, 0.3) is 0 Å². The summed E-state index contributed by atoms with van der Waals surface area (Å²) in [6.45, 7) is 12.4. The fourth-order valence-corrected chi connectivity index (χ4v) is 2.50. The van der Waals surface area contributed by atoms with Gasteiger partial charge in [-0.15, -0.1) is 0 Å². The van der Waals surface area contributed by atoms with Gasteiger partial charge in [-0.05, 0) is 33.2 Å². The minimum Gasteiger partial charge on any atom is -0.465 e. The van der Waals surface area contributed by atoms with Crippen LogP contribution in [-0.2, 0) is 14.3 Å². The van der Waals surface area contributed by atoms with Gasteiger partial charge in [0.05, 0.1) is 19.3 Å². The summed E-state index contributed by atoms with van der Waals surface area (Å²) in [6, 6.07) is 0. The number of hydrogen-bond acceptors (Lipinski definition) is 5. The predicted molar refractivity (Wildman–Crippen MR) is 79.8 cm³/mol. The van der Waals surface area contributed by atoms with Gasteiger partial charge in [-0.1, -0.05) is 13.8 Å². The van der Waals surface area contributed by atoms with Crippen LogP contribution in [0, 0.1) is 0 Å². The Bertz CT molecular complexity index is 299. The first-order valence-electron chi connectivity index (χ1n) is 7.81. The highest BCUT2D eigenvalue weighted by Crippen LogP contribution is 2.15. The molecule has 2 atom stereocenters. The van der Waals surface area contributed by atoms with E-state index >= 15 is 0 Å². The highest BCUT2D eigenvalue weighted by atomic mass is 16.5. The van der Waals surface area contributed by atoms with Crippen molar-refractivity contribution in [1.82, 2.24) is 10.2 Å². The van der Waals surface area contributed by atoms with E-state index in [1.807, 2.05) is 13.8 Å². The van der Waals surface area contributed by atoms with Gasteiger partial charge in [-0.25, -0.2) is 0 Å². The van der Waals surface area contributed by atoms with Crippen molar-refractivity contribution in [2.24, 2.45) is 0 Å². The monoisotopic (exact) mass is 286 g/mol. The lowest BCUT2D eigenvalue weighted by molar-refractivity contribution is -0.152. The molecule has 1 saturated heterocycles. The van der Waals surface area contributed by atoms with Gasteiger partial charge in [-0.2, -0.15) is 0 Å². The van der Waals surface area contributed by atoms with Crippen LogP contribution in [0.25, 0.3) is 0 Å². The summed E-state index contributed by atoms with van der Waals surface area (Å²) in [5.41, 5.74) is -0.637. The number of hydrogen-bond donors (Lipinski definition) is 1. The molecule has 0 spiro atoms. The molecule has 1 rings (SSSR count). The molecule has 20 heavy (non-hydrogen) atoms. The summed E-state index contributed by atoms with van der Waals surface area (Å²) in [7, 11) is 0. The topological polar surface area (TPSA) is 50.8 Å². The molecule has 0 saturated carbocycles. The Kier molecular flexibility index (Phi) is 7.48. The number of morpholine rings is 1. The third-order valence-electron chi connectivity index (χ3n) is 3.71. The van der Waals surface area contributed by atoms with Crippen molar-refractivity contribution in [3.63, 3.8) is 0 Å². The molecule has 0 bridgehead atoms. The lowest BCUT2D eigenvalue weighted by Gasteiger charge is -2.38. The van der Waals surface area contributed by atoms with Crippen LogP contribution in [0.1, 0.15) is 40.5 Å². The number of carbonyl (C=O) groups excluding carboxylic acids is 1. The van der Waals surface area contributed by atoms with E-state index in [-0.39, 0.29) is 12.1 Å². The number of esters is 1. The zero-order valence-electron chi connectivity index (χ0n) is 13.4. The van der Waals surface area contributed by atoms with Gasteiger partial charge >= 0.3 is 5.97 Å². The van der Waals surface area contributed by atoms with Gasteiger partial charge in [0, 0.05) is 19.6 Å². The molecule has 0 aromatic carbocycles. The first-order chi connectivity index (χ1) is 9.55. The fraction of sp³-hybridized carbons (Fsp3) is 0.933. The van der Waals surface area contributed by atoms with Gasteiger partial charge < -0.3 is 14.8 Å². The molecule has 118 valence electrons. The summed E-state index contributed by atoms with van der Waals surface area (Å²) in [5.74, 6) is -0.159. The van der Waals surface area contributed by atoms with Crippen molar-refractivity contribution in [2.75, 3.05) is 39.4 Å². The van der Waals surface area contributed by atoms with E-state index in [0.29, 0.717) is 13.2 Å². The standard InChI is InChI=1S/C15H30N2O3/c1-5-8-16-15(4,14(18)19-7-3)12-17-9-10-20-13(6-2)11-17/h13,16H,5-12H2,1-4H3. The first kappa shape index (κ1) is 17.4. The number of ether oxygens (including phenoxy) is 2. The summed E-state index contributed by atoms with van der Waals surface area (Å²) < 4.78 is 10.9. The van der Waals surface area contributed by atoms with Gasteiger partial charge in [-0.3, -0.25) is 9.69 Å². The summed E-state index contributed by atoms with van der Waals surface area (Å²) in [4.78, 5) is 14.6. The van der Waals surface area contributed by atoms with E-state index in [9.17, 15) is 4.79 Å². The Labute approximate surface area is 123 Å². The maximum Gasteiger partial charge on any atom is 0.327 e. The Morgan fingerprint density at radius 3 is 2.80 bits per heavy atom. The highest BCUT2D eigenvalue weighted by Gasteiger charge is 2.37. The third-order valence-corrected chi connectivity index (χ3v) is 3.71. The fourth-order valence-electron chi connectivity index (χ4n) is 2.50. The molecule has 5 heteroatoms. The van der Waals surface area contributed by atoms with Crippen molar-refractivity contribution in [2.45, 2.75) is 52.2 Å². The Morgan fingerprint density at radius 1 is 1.45 bits per heavy atom. The van der Waals surface area contributed by atoms with Gasteiger partial charge in [0.15, 0.2) is 0 Å². The third kappa shape index (κ3) is 5.04. The van der Waals surface area contributed by atoms with Crippen LogP contribution in [-0.4, -0.2) is 61.9 Å². The molecule has 0 radical (unpaired) electrons. The smallest absolute Gasteiger partial charge is 0.327 e. The van der Waals surface area contributed by atoms with Crippen LogP contribution >= 0.6 is 0 Å². The molecular formula is C15H30N2O3. The summed E-state index contributed by atoms with van der Waals surface area (Å²) in [5, 5.41) is 3.35. The molecule has 1 N–H and O–H groups in total. The molecule has 0 aromatic heterocycles. The average Bonchev–Trinajstić information content (AvgIpc) is 2.45. The van der Waals surface area contributed by atoms with E-state index < -0.39 is 5.54 Å². The van der Waals surface area contributed by atoms with Crippen molar-refractivity contribution in [3.05, 3.63) is 0 Å². The summed E-state index contributed by atoms with van der Waals surface area (Å²) >= 11 is 0. The van der Waals surface area contributed by atoms with Crippen LogP contribution in [0.3, 0.4) is 0 Å². The molecule has 1 fully saturated rings. The molecule has 2 unspecified atom stereocenters. The van der Waals surface area contributed by atoms with E-state index in [0.717, 1.165) is 39.1 Å². The Hall–Kier alpha value is -0.650. The molecule has 5 nitrogen and oxygen atoms in total. The van der Waals surface area contributed by atoms with Gasteiger partial charge in [0.2, 0.25) is 0 Å². The van der Waals surface area contributed by atoms with E-state index in [1.165, 1.54) is 0 Å². The molecule has 0 amide bonds. The SMILES string of the molecule is CCCNC(C)(CN1CCOC(CC)C1)C(=O)OCC. The second-order valence-electron chi connectivity index (χ2n) is 5.62. The highest BCUT2D eigenvalue weighted by molar-refractivity contribution is 5.80. The van der Waals surface area contributed by atoms with Crippen molar-refractivity contribution >= 4 is 5.97 Å². The quantitative estimate of drug-likeness (QED) is 0.684. The second kappa shape index (κ2) is 8.60. The maximum absolute atomic E-state index is 12.3. The minimum atomic E-state index is -0.637. The van der Waals surface area contributed by atoms with Crippen LogP contribution in [0.5, 0.6) is 0 Å². The molecule has 0 aliphatic carbocycles. The average molecular weight is 286 g/mol. The van der Waals surface area contributed by atoms with Crippen molar-refractivity contribution in [1.29, 1.82) is 0 Å². The van der Waals surface area contributed by atoms with Crippen LogP contribution in [0.2, 0.25) is 0 Å². The zero-order chi connectivity index (χ0) is 15.0. The van der Waals surface area contributed by atoms with Crippen LogP contribution in [0.15, 0.2) is 0 Å². The van der Waals surface area contributed by atoms with Crippen LogP contribution < -0.4 is 5.32 Å². The van der Waals surface area contributed by atoms with Gasteiger partial charge in [0.1, 0.15) is 5.54 Å². The first-order valence-corrected chi connectivity index (χ1v) is 7.81. The second-order valence-corrected chi connectivity index (χ2v) is 5.62. The molecule has 1 aliphatic heterocycles. The van der Waals surface area contributed by atoms with E-state index in [1.54, 1.807) is 0 Å². The molecule has 0 aromatic rings. The lowest BCUT2D eigenvalue weighted by atomic mass is 10.0. The Balaban J connectivity index is 2.65. The normalized spacial score (nSPS) is 23.3. The van der Waals surface area contributed by atoms with Crippen LogP contribution in [0.4, 0.5) is 0 Å². The predicted octanol–water partition coefficient (Wildman–Crippen LogP) is 1.42. The van der Waals surface area contributed by atoms with E-state index in [2.05, 4.69) is 24.1 Å². The molecule has 1 heterocycles. The zero-order valence-corrected chi connectivity index (χ0v) is 13.4. The number of nitrogens with zero attached hydrogens (tertiary/aromatic N) is 1. The molecular weight excluding hydrogens is 256 g/mol. The van der Waals surface area contributed by atoms with Crippen molar-refractivity contribution in [3.8, 4) is 0 Å². The maximum atomic E-state index is 12.3. The largest absolute Gasteiger partial charge is 0.465 e. The number of carbonyl (C=O) groups is 1. The summed E-state index contributed by atoms with van der Waals surface area (Å²) in [6.07, 6.45) is 2.28. The lowest BCUT2D eigenvalue weighted by Crippen LogP contribution is -2.59. The number of nitrogens with one attached hydrogen (secondary N) is 1. The number of rotatable bonds is 8. The Morgan fingerprint density at radius 2 is 2.20 bits per heavy atom. The van der Waals surface area contributed by atoms with E-state index in [4.69, 9.17) is 9.47 Å². The van der Waals surface area contributed by atoms with Crippen molar-refractivity contribution < 1.29 is 14.3 Å².